The van der Waals surface area contributed by atoms with Crippen molar-refractivity contribution in [3.63, 3.8) is 0 Å². The summed E-state index contributed by atoms with van der Waals surface area (Å²) in [5.41, 5.74) is 2.35. The largest absolute Gasteiger partial charge is 0.344 e. The highest BCUT2D eigenvalue weighted by molar-refractivity contribution is 7.91. The molecule has 5 rings (SSSR count). The average molecular weight is 439 g/mol. The van der Waals surface area contributed by atoms with Gasteiger partial charge in [0.15, 0.2) is 0 Å². The van der Waals surface area contributed by atoms with Crippen molar-refractivity contribution in [3.8, 4) is 11.1 Å². The zero-order valence-electron chi connectivity index (χ0n) is 16.8. The minimum absolute atomic E-state index is 0.0806. The minimum Gasteiger partial charge on any atom is -0.344 e. The third kappa shape index (κ3) is 3.13. The quantitative estimate of drug-likeness (QED) is 0.467. The fourth-order valence-corrected chi connectivity index (χ4v) is 5.42. The van der Waals surface area contributed by atoms with E-state index in [2.05, 4.69) is 4.98 Å². The number of aromatic nitrogens is 1. The highest BCUT2D eigenvalue weighted by atomic mass is 32.2. The normalized spacial score (nSPS) is 13.6. The Morgan fingerprint density at radius 2 is 1.16 bits per heavy atom. The maximum atomic E-state index is 13.6. The number of allylic oxidation sites excluding steroid dienone is 1. The molecule has 0 bridgehead atoms. The lowest BCUT2D eigenvalue weighted by Crippen LogP contribution is -2.19. The lowest BCUT2D eigenvalue weighted by molar-refractivity contribution is -0.111. The smallest absolute Gasteiger partial charge is 0.235 e. The number of H-pyrrole nitrogens is 1. The molecule has 0 saturated carbocycles. The van der Waals surface area contributed by atoms with Crippen LogP contribution in [-0.4, -0.2) is 25.0 Å². The molecule has 1 aromatic heterocycles. The van der Waals surface area contributed by atoms with E-state index in [4.69, 9.17) is 0 Å². The zero-order chi connectivity index (χ0) is 22.3. The highest BCUT2D eigenvalue weighted by Gasteiger charge is 2.37. The average Bonchev–Trinajstić information content (AvgIpc) is 3.25. The molecule has 1 N–H and O–H groups in total. The highest BCUT2D eigenvalue weighted by Crippen LogP contribution is 2.41. The van der Waals surface area contributed by atoms with E-state index in [0.717, 1.165) is 0 Å². The summed E-state index contributed by atoms with van der Waals surface area (Å²) in [5, 5.41) is -0.107. The molecule has 0 aliphatic heterocycles. The van der Waals surface area contributed by atoms with Gasteiger partial charge in [0.25, 0.3) is 0 Å². The van der Waals surface area contributed by atoms with Gasteiger partial charge in [0.05, 0.1) is 16.2 Å². The van der Waals surface area contributed by atoms with Gasteiger partial charge in [0, 0.05) is 11.1 Å². The fourth-order valence-electron chi connectivity index (χ4n) is 3.94. The van der Waals surface area contributed by atoms with Gasteiger partial charge in [-0.25, -0.2) is 8.42 Å². The maximum Gasteiger partial charge on any atom is 0.235 e. The second kappa shape index (κ2) is 7.59. The molecule has 5 nitrogen and oxygen atoms in total. The molecule has 0 atom stereocenters. The number of nitrogens with one attached hydrogen (secondary N) is 1. The number of fused-ring (bicyclic) bond motifs is 1. The van der Waals surface area contributed by atoms with Crippen LogP contribution in [0.5, 0.6) is 0 Å². The summed E-state index contributed by atoms with van der Waals surface area (Å²) in [6, 6.07) is 25.9. The van der Waals surface area contributed by atoms with Crippen LogP contribution in [-0.2, 0) is 14.6 Å². The van der Waals surface area contributed by atoms with Gasteiger partial charge in [-0.3, -0.25) is 9.59 Å². The van der Waals surface area contributed by atoms with Crippen LogP contribution in [0, 0.1) is 0 Å². The van der Waals surface area contributed by atoms with Crippen molar-refractivity contribution in [1.82, 2.24) is 4.98 Å². The minimum atomic E-state index is -4.00. The van der Waals surface area contributed by atoms with Crippen molar-refractivity contribution >= 4 is 27.0 Å². The van der Waals surface area contributed by atoms with Crippen molar-refractivity contribution in [1.29, 1.82) is 0 Å². The van der Waals surface area contributed by atoms with Crippen LogP contribution in [0.25, 0.3) is 16.7 Å². The number of hydrogen-bond acceptors (Lipinski definition) is 4. The summed E-state index contributed by atoms with van der Waals surface area (Å²) in [6.45, 7) is 0. The molecule has 32 heavy (non-hydrogen) atoms. The van der Waals surface area contributed by atoms with Gasteiger partial charge >= 0.3 is 0 Å². The first-order chi connectivity index (χ1) is 15.5. The van der Waals surface area contributed by atoms with Gasteiger partial charge in [-0.2, -0.15) is 0 Å². The molecule has 0 amide bonds. The Kier molecular flexibility index (Phi) is 4.72. The first kappa shape index (κ1) is 19.9. The number of benzene rings is 3. The van der Waals surface area contributed by atoms with Crippen molar-refractivity contribution < 1.29 is 18.0 Å². The standard InChI is InChI=1S/C26H17NO4S/c28-21-16-20(17-10-4-1-5-11-17)24-23(25(21)29)22(18-12-6-2-7-13-18)26(27-24)32(30,31)19-14-8-3-9-15-19/h1-16,27H. The van der Waals surface area contributed by atoms with Gasteiger partial charge in [-0.05, 0) is 29.3 Å². The van der Waals surface area contributed by atoms with E-state index in [1.165, 1.54) is 18.2 Å². The summed E-state index contributed by atoms with van der Waals surface area (Å²) < 4.78 is 27.3. The summed E-state index contributed by atoms with van der Waals surface area (Å²) in [4.78, 5) is 28.8. The van der Waals surface area contributed by atoms with Crippen LogP contribution >= 0.6 is 0 Å². The Balaban J connectivity index is 1.86. The second-order valence-corrected chi connectivity index (χ2v) is 9.27. The fraction of sp³-hybridized carbons (Fsp3) is 0. The third-order valence-corrected chi connectivity index (χ3v) is 7.17. The molecular weight excluding hydrogens is 422 g/mol. The molecule has 4 aromatic rings. The number of sulfone groups is 1. The van der Waals surface area contributed by atoms with Gasteiger partial charge in [-0.15, -0.1) is 0 Å². The summed E-state index contributed by atoms with van der Waals surface area (Å²) in [7, 11) is -4.00. The Morgan fingerprint density at radius 1 is 0.625 bits per heavy atom. The topological polar surface area (TPSA) is 84.1 Å². The molecule has 1 aliphatic carbocycles. The van der Waals surface area contributed by atoms with Crippen LogP contribution < -0.4 is 0 Å². The maximum absolute atomic E-state index is 13.6. The van der Waals surface area contributed by atoms with Gasteiger partial charge in [0.1, 0.15) is 5.03 Å². The van der Waals surface area contributed by atoms with Gasteiger partial charge in [0.2, 0.25) is 21.4 Å². The zero-order valence-corrected chi connectivity index (χ0v) is 17.6. The lowest BCUT2D eigenvalue weighted by Gasteiger charge is -2.14. The second-order valence-electron chi connectivity index (χ2n) is 7.38. The Bertz CT molecular complexity index is 1480. The lowest BCUT2D eigenvalue weighted by atomic mass is 9.87. The van der Waals surface area contributed by atoms with E-state index < -0.39 is 21.4 Å². The number of ketones is 2. The van der Waals surface area contributed by atoms with E-state index in [0.29, 0.717) is 22.4 Å². The molecule has 0 radical (unpaired) electrons. The predicted molar refractivity (Wildman–Crippen MR) is 121 cm³/mol. The van der Waals surface area contributed by atoms with Crippen LogP contribution in [0.2, 0.25) is 0 Å². The number of carbonyl (C=O) groups is 2. The molecule has 0 saturated heterocycles. The first-order valence-electron chi connectivity index (χ1n) is 9.96. The van der Waals surface area contributed by atoms with Crippen LogP contribution in [0.1, 0.15) is 21.6 Å². The van der Waals surface area contributed by atoms with E-state index in [1.807, 2.05) is 30.3 Å². The van der Waals surface area contributed by atoms with Crippen LogP contribution in [0.3, 0.4) is 0 Å². The number of aromatic amines is 1. The van der Waals surface area contributed by atoms with Gasteiger partial charge < -0.3 is 4.98 Å². The van der Waals surface area contributed by atoms with Crippen molar-refractivity contribution in [2.45, 2.75) is 9.92 Å². The van der Waals surface area contributed by atoms with Crippen LogP contribution in [0.4, 0.5) is 0 Å². The Hall–Kier alpha value is -4.03. The molecule has 0 unspecified atom stereocenters. The molecule has 1 heterocycles. The molecule has 1 aliphatic rings. The third-order valence-electron chi connectivity index (χ3n) is 5.43. The number of rotatable bonds is 4. The molecule has 0 spiro atoms. The summed E-state index contributed by atoms with van der Waals surface area (Å²) >= 11 is 0. The number of Topliss-reactive ketones (excluding diaryl/α,β-unsaturated/α-hetero) is 1. The van der Waals surface area contributed by atoms with E-state index in [9.17, 15) is 18.0 Å². The van der Waals surface area contributed by atoms with Crippen molar-refractivity contribution in [3.05, 3.63) is 114 Å². The molecule has 3 aromatic carbocycles. The summed E-state index contributed by atoms with van der Waals surface area (Å²) in [6.07, 6.45) is 1.27. The SMILES string of the molecule is O=C1C=C(c2ccccc2)c2[nH]c(S(=O)(=O)c3ccccc3)c(-c3ccccc3)c2C1=O. The van der Waals surface area contributed by atoms with Crippen LogP contribution in [0.15, 0.2) is 107 Å². The van der Waals surface area contributed by atoms with Gasteiger partial charge in [-0.1, -0.05) is 78.9 Å². The van der Waals surface area contributed by atoms with E-state index in [-0.39, 0.29) is 21.0 Å². The monoisotopic (exact) mass is 439 g/mol. The molecular formula is C26H17NO4S. The predicted octanol–water partition coefficient (Wildman–Crippen LogP) is 4.71. The molecule has 156 valence electrons. The van der Waals surface area contributed by atoms with E-state index >= 15 is 0 Å². The number of carbonyl (C=O) groups excluding carboxylic acids is 2. The van der Waals surface area contributed by atoms with Crippen molar-refractivity contribution in [2.24, 2.45) is 0 Å². The Morgan fingerprint density at radius 3 is 1.75 bits per heavy atom. The first-order valence-corrected chi connectivity index (χ1v) is 11.4. The Labute approximate surface area is 185 Å². The number of hydrogen-bond donors (Lipinski definition) is 1. The van der Waals surface area contributed by atoms with E-state index in [1.54, 1.807) is 48.5 Å². The molecule has 0 fully saturated rings. The van der Waals surface area contributed by atoms with Crippen molar-refractivity contribution in [2.75, 3.05) is 0 Å². The molecule has 6 heteroatoms. The summed E-state index contributed by atoms with van der Waals surface area (Å²) in [5.74, 6) is -1.42.